The molecule has 0 aliphatic heterocycles. The molecule has 0 aromatic carbocycles. The summed E-state index contributed by atoms with van der Waals surface area (Å²) in [5.74, 6) is 0.0119. The Hall–Kier alpha value is -2.10. The lowest BCUT2D eigenvalue weighted by molar-refractivity contribution is 0.0772. The van der Waals surface area contributed by atoms with Crippen LogP contribution in [-0.4, -0.2) is 28.9 Å². The molecule has 0 aliphatic carbocycles. The predicted molar refractivity (Wildman–Crippen MR) is 69.2 cm³/mol. The molecule has 0 fully saturated rings. The lowest BCUT2D eigenvalue weighted by atomic mass is 10.1. The van der Waals surface area contributed by atoms with E-state index >= 15 is 0 Å². The first-order valence-electron chi connectivity index (χ1n) is 6.03. The second-order valence-corrected chi connectivity index (χ2v) is 3.95. The fourth-order valence-corrected chi connectivity index (χ4v) is 1.84. The van der Waals surface area contributed by atoms with Gasteiger partial charge in [0.2, 0.25) is 0 Å². The van der Waals surface area contributed by atoms with E-state index in [4.69, 9.17) is 4.42 Å². The van der Waals surface area contributed by atoms with Crippen molar-refractivity contribution in [2.45, 2.75) is 13.8 Å². The molecule has 0 saturated carbocycles. The summed E-state index contributed by atoms with van der Waals surface area (Å²) in [6.45, 7) is 5.33. The van der Waals surface area contributed by atoms with E-state index < -0.39 is 0 Å². The minimum atomic E-state index is 0.0119. The molecule has 1 amide bonds. The number of amides is 1. The minimum absolute atomic E-state index is 0.0119. The Balaban J connectivity index is 2.30. The van der Waals surface area contributed by atoms with E-state index in [0.29, 0.717) is 18.7 Å². The fourth-order valence-electron chi connectivity index (χ4n) is 1.84. The zero-order chi connectivity index (χ0) is 13.0. The fraction of sp³-hybridized carbons (Fsp3) is 0.286. The second-order valence-electron chi connectivity index (χ2n) is 3.95. The van der Waals surface area contributed by atoms with Gasteiger partial charge in [-0.2, -0.15) is 0 Å². The molecule has 0 spiro atoms. The van der Waals surface area contributed by atoms with Gasteiger partial charge in [0.1, 0.15) is 0 Å². The van der Waals surface area contributed by atoms with Crippen molar-refractivity contribution in [2.75, 3.05) is 13.1 Å². The van der Waals surface area contributed by atoms with Crippen LogP contribution in [0.15, 0.2) is 41.5 Å². The molecule has 4 heteroatoms. The maximum atomic E-state index is 12.2. The van der Waals surface area contributed by atoms with Crippen LogP contribution < -0.4 is 0 Å². The van der Waals surface area contributed by atoms with Gasteiger partial charge in [0.25, 0.3) is 5.91 Å². The van der Waals surface area contributed by atoms with Gasteiger partial charge in [-0.1, -0.05) is 0 Å². The SMILES string of the molecule is CCN(CC)C(=O)c1cncc(-c2ccoc2)c1. The molecular formula is C14H16N2O2. The predicted octanol–water partition coefficient (Wildman–Crippen LogP) is 2.82. The lowest BCUT2D eigenvalue weighted by Crippen LogP contribution is -2.30. The molecular weight excluding hydrogens is 228 g/mol. The van der Waals surface area contributed by atoms with Gasteiger partial charge in [0, 0.05) is 36.6 Å². The lowest BCUT2D eigenvalue weighted by Gasteiger charge is -2.18. The molecule has 0 N–H and O–H groups in total. The highest BCUT2D eigenvalue weighted by Gasteiger charge is 2.13. The standard InChI is InChI=1S/C14H16N2O2/c1-3-16(4-2)14(17)13-7-12(8-15-9-13)11-5-6-18-10-11/h5-10H,3-4H2,1-2H3. The van der Waals surface area contributed by atoms with Crippen LogP contribution in [0, 0.1) is 0 Å². The maximum Gasteiger partial charge on any atom is 0.255 e. The van der Waals surface area contributed by atoms with Gasteiger partial charge < -0.3 is 9.32 Å². The summed E-state index contributed by atoms with van der Waals surface area (Å²) in [4.78, 5) is 18.1. The van der Waals surface area contributed by atoms with Crippen LogP contribution in [0.5, 0.6) is 0 Å². The van der Waals surface area contributed by atoms with E-state index in [0.717, 1.165) is 11.1 Å². The summed E-state index contributed by atoms with van der Waals surface area (Å²) < 4.78 is 5.04. The van der Waals surface area contributed by atoms with Gasteiger partial charge >= 0.3 is 0 Å². The van der Waals surface area contributed by atoms with Crippen LogP contribution in [0.2, 0.25) is 0 Å². The van der Waals surface area contributed by atoms with Crippen LogP contribution in [-0.2, 0) is 0 Å². The van der Waals surface area contributed by atoms with E-state index in [1.54, 1.807) is 29.8 Å². The van der Waals surface area contributed by atoms with Gasteiger partial charge in [0.05, 0.1) is 18.1 Å². The van der Waals surface area contributed by atoms with Crippen molar-refractivity contribution in [3.8, 4) is 11.1 Å². The van der Waals surface area contributed by atoms with Crippen LogP contribution in [0.1, 0.15) is 24.2 Å². The van der Waals surface area contributed by atoms with E-state index in [1.165, 1.54) is 0 Å². The van der Waals surface area contributed by atoms with Crippen LogP contribution in [0.3, 0.4) is 0 Å². The highest BCUT2D eigenvalue weighted by molar-refractivity contribution is 5.95. The van der Waals surface area contributed by atoms with E-state index in [-0.39, 0.29) is 5.91 Å². The first-order valence-corrected chi connectivity index (χ1v) is 6.03. The number of nitrogens with zero attached hydrogens (tertiary/aromatic N) is 2. The quantitative estimate of drug-likeness (QED) is 0.830. The van der Waals surface area contributed by atoms with Gasteiger partial charge in [-0.25, -0.2) is 0 Å². The van der Waals surface area contributed by atoms with Crippen LogP contribution in [0.25, 0.3) is 11.1 Å². The Morgan fingerprint density at radius 3 is 2.67 bits per heavy atom. The van der Waals surface area contributed by atoms with Crippen LogP contribution >= 0.6 is 0 Å². The van der Waals surface area contributed by atoms with Gasteiger partial charge in [-0.05, 0) is 26.0 Å². The Labute approximate surface area is 106 Å². The highest BCUT2D eigenvalue weighted by Crippen LogP contribution is 2.20. The zero-order valence-corrected chi connectivity index (χ0v) is 10.6. The van der Waals surface area contributed by atoms with E-state index in [9.17, 15) is 4.79 Å². The summed E-state index contributed by atoms with van der Waals surface area (Å²) in [7, 11) is 0. The first-order chi connectivity index (χ1) is 8.76. The molecule has 0 bridgehead atoms. The third kappa shape index (κ3) is 2.42. The minimum Gasteiger partial charge on any atom is -0.472 e. The third-order valence-corrected chi connectivity index (χ3v) is 2.89. The average molecular weight is 244 g/mol. The Bertz CT molecular complexity index is 516. The molecule has 18 heavy (non-hydrogen) atoms. The van der Waals surface area contributed by atoms with Gasteiger partial charge in [-0.3, -0.25) is 9.78 Å². The van der Waals surface area contributed by atoms with Crippen molar-refractivity contribution < 1.29 is 9.21 Å². The molecule has 0 unspecified atom stereocenters. The van der Waals surface area contributed by atoms with Gasteiger partial charge in [-0.15, -0.1) is 0 Å². The number of hydrogen-bond acceptors (Lipinski definition) is 3. The third-order valence-electron chi connectivity index (χ3n) is 2.89. The zero-order valence-electron chi connectivity index (χ0n) is 10.6. The summed E-state index contributed by atoms with van der Waals surface area (Å²) in [6.07, 6.45) is 6.57. The Morgan fingerprint density at radius 2 is 2.06 bits per heavy atom. The molecule has 0 saturated heterocycles. The summed E-state index contributed by atoms with van der Waals surface area (Å²) >= 11 is 0. The average Bonchev–Trinajstić information content (AvgIpc) is 2.94. The molecule has 0 radical (unpaired) electrons. The number of carbonyl (C=O) groups is 1. The Morgan fingerprint density at radius 1 is 1.28 bits per heavy atom. The molecule has 0 aliphatic rings. The summed E-state index contributed by atoms with van der Waals surface area (Å²) in [6, 6.07) is 3.70. The Kier molecular flexibility index (Phi) is 3.77. The van der Waals surface area contributed by atoms with Crippen molar-refractivity contribution in [3.05, 3.63) is 42.6 Å². The number of rotatable bonds is 4. The molecule has 0 atom stereocenters. The first kappa shape index (κ1) is 12.4. The van der Waals surface area contributed by atoms with Crippen molar-refractivity contribution >= 4 is 5.91 Å². The number of aromatic nitrogens is 1. The molecule has 2 aromatic heterocycles. The maximum absolute atomic E-state index is 12.2. The highest BCUT2D eigenvalue weighted by atomic mass is 16.3. The van der Waals surface area contributed by atoms with Gasteiger partial charge in [0.15, 0.2) is 0 Å². The molecule has 2 heterocycles. The largest absolute Gasteiger partial charge is 0.472 e. The van der Waals surface area contributed by atoms with Crippen molar-refractivity contribution in [3.63, 3.8) is 0 Å². The van der Waals surface area contributed by atoms with Crippen molar-refractivity contribution in [1.82, 2.24) is 9.88 Å². The molecule has 2 aromatic rings. The molecule has 94 valence electrons. The van der Waals surface area contributed by atoms with E-state index in [2.05, 4.69) is 4.98 Å². The van der Waals surface area contributed by atoms with Crippen LogP contribution in [0.4, 0.5) is 0 Å². The topological polar surface area (TPSA) is 46.3 Å². The molecule has 2 rings (SSSR count). The monoisotopic (exact) mass is 244 g/mol. The van der Waals surface area contributed by atoms with Crippen molar-refractivity contribution in [2.24, 2.45) is 0 Å². The normalized spacial score (nSPS) is 10.3. The number of carbonyl (C=O) groups excluding carboxylic acids is 1. The summed E-state index contributed by atoms with van der Waals surface area (Å²) in [5, 5.41) is 0. The summed E-state index contributed by atoms with van der Waals surface area (Å²) in [5.41, 5.74) is 2.43. The number of pyridine rings is 1. The second kappa shape index (κ2) is 5.49. The molecule has 4 nitrogen and oxygen atoms in total. The van der Waals surface area contributed by atoms with Crippen molar-refractivity contribution in [1.29, 1.82) is 0 Å². The number of furan rings is 1. The van der Waals surface area contributed by atoms with E-state index in [1.807, 2.05) is 26.0 Å². The smallest absolute Gasteiger partial charge is 0.255 e. The number of hydrogen-bond donors (Lipinski definition) is 0.